The molecule has 8 aromatic carbocycles. The largest absolute Gasteiger partial charge is 0.228 e. The fourth-order valence-corrected chi connectivity index (χ4v) is 11.9. The van der Waals surface area contributed by atoms with Gasteiger partial charge in [-0.05, 0) is 96.1 Å². The van der Waals surface area contributed by atoms with Crippen LogP contribution in [0.4, 0.5) is 17.1 Å². The zero-order valence-corrected chi connectivity index (χ0v) is 36.2. The van der Waals surface area contributed by atoms with Crippen LogP contribution in [-0.4, -0.2) is 7.05 Å². The van der Waals surface area contributed by atoms with Crippen molar-refractivity contribution in [1.82, 2.24) is 4.48 Å². The van der Waals surface area contributed by atoms with E-state index in [1.54, 1.807) is 0 Å². The van der Waals surface area contributed by atoms with Gasteiger partial charge in [-0.15, -0.1) is 11.3 Å². The molecule has 11 rings (SSSR count). The maximum Gasteiger partial charge on any atom is 0.151 e. The fourth-order valence-electron chi connectivity index (χ4n) is 10.7. The van der Waals surface area contributed by atoms with E-state index in [2.05, 4.69) is 213 Å². The molecule has 0 bridgehead atoms. The van der Waals surface area contributed by atoms with Gasteiger partial charge in [-0.3, -0.25) is 0 Å². The van der Waals surface area contributed by atoms with E-state index < -0.39 is 0 Å². The second-order valence-electron chi connectivity index (χ2n) is 19.3. The lowest BCUT2D eigenvalue weighted by Crippen LogP contribution is -2.34. The average molecular weight is 781 g/mol. The summed E-state index contributed by atoms with van der Waals surface area (Å²) in [5.74, 6) is 0. The predicted octanol–water partition coefficient (Wildman–Crippen LogP) is 16.4. The Bertz CT molecular complexity index is 3220. The van der Waals surface area contributed by atoms with Gasteiger partial charge in [-0.1, -0.05) is 152 Å². The summed E-state index contributed by atoms with van der Waals surface area (Å²) < 4.78 is 3.18. The number of quaternary nitrogens is 1. The first-order valence-corrected chi connectivity index (χ1v) is 21.9. The molecule has 2 heteroatoms. The monoisotopic (exact) mass is 780 g/mol. The number of hydrogen-bond acceptors (Lipinski definition) is 1. The van der Waals surface area contributed by atoms with Gasteiger partial charge in [0.15, 0.2) is 5.69 Å². The maximum atomic E-state index is 2.51. The third-order valence-electron chi connectivity index (χ3n) is 14.2. The molecule has 0 radical (unpaired) electrons. The minimum Gasteiger partial charge on any atom is -0.228 e. The lowest BCUT2D eigenvalue weighted by Gasteiger charge is -2.36. The summed E-state index contributed by atoms with van der Waals surface area (Å²) in [5.41, 5.74) is 18.6. The molecule has 2 aliphatic rings. The molecule has 1 atom stereocenters. The van der Waals surface area contributed by atoms with Gasteiger partial charge in [0.05, 0.1) is 12.6 Å². The zero-order chi connectivity index (χ0) is 40.6. The van der Waals surface area contributed by atoms with Crippen LogP contribution >= 0.6 is 11.3 Å². The molecule has 0 aliphatic heterocycles. The van der Waals surface area contributed by atoms with Crippen molar-refractivity contribution in [2.24, 2.45) is 0 Å². The molecule has 1 aromatic heterocycles. The Hall–Kier alpha value is -5.80. The first-order valence-electron chi connectivity index (χ1n) is 21.1. The molecule has 0 spiro atoms. The predicted molar refractivity (Wildman–Crippen MR) is 256 cm³/mol. The molecule has 59 heavy (non-hydrogen) atoms. The zero-order valence-electron chi connectivity index (χ0n) is 35.4. The minimum absolute atomic E-state index is 0.0571. The second kappa shape index (κ2) is 12.4. The van der Waals surface area contributed by atoms with E-state index in [-0.39, 0.29) is 16.2 Å². The summed E-state index contributed by atoms with van der Waals surface area (Å²) in [6.45, 7) is 16.4. The Morgan fingerprint density at radius 3 is 1.69 bits per heavy atom. The molecular weight excluding hydrogens is 731 g/mol. The van der Waals surface area contributed by atoms with E-state index in [1.165, 1.54) is 109 Å². The van der Waals surface area contributed by atoms with E-state index in [0.717, 1.165) is 0 Å². The van der Waals surface area contributed by atoms with Gasteiger partial charge in [0.1, 0.15) is 11.4 Å². The molecule has 1 heterocycles. The SMILES string of the molecule is CC(C)(C)c1ccc2c(c1)sc1cc([N+](C)(c3ccc4c(c3)-c3ccccc3C4(C)C)c3ccc4ccccc4c3-c3ccc4c(c3)-c3ccccc3C4(C)C)ccc12. The number of thiophene rings is 1. The molecule has 9 aromatic rings. The lowest BCUT2D eigenvalue weighted by molar-refractivity contribution is 0.591. The highest BCUT2D eigenvalue weighted by Crippen LogP contribution is 2.56. The minimum atomic E-state index is -0.0711. The molecule has 0 N–H and O–H groups in total. The Labute approximate surface area is 352 Å². The number of nitrogens with zero attached hydrogens (tertiary/aromatic N) is 1. The fraction of sp³-hybridized carbons (Fsp3) is 0.193. The number of benzene rings is 8. The highest BCUT2D eigenvalue weighted by molar-refractivity contribution is 7.25. The number of rotatable bonds is 4. The number of hydrogen-bond donors (Lipinski definition) is 0. The van der Waals surface area contributed by atoms with Gasteiger partial charge in [0, 0.05) is 61.3 Å². The molecule has 0 amide bonds. The molecule has 0 saturated carbocycles. The van der Waals surface area contributed by atoms with Gasteiger partial charge < -0.3 is 0 Å². The summed E-state index contributed by atoms with van der Waals surface area (Å²) in [5, 5.41) is 5.18. The Balaban J connectivity index is 1.21. The highest BCUT2D eigenvalue weighted by Gasteiger charge is 2.41. The van der Waals surface area contributed by atoms with E-state index >= 15 is 0 Å². The van der Waals surface area contributed by atoms with Crippen molar-refractivity contribution in [2.75, 3.05) is 7.05 Å². The third-order valence-corrected chi connectivity index (χ3v) is 15.3. The molecule has 2 aliphatic carbocycles. The Morgan fingerprint density at radius 2 is 1.00 bits per heavy atom. The molecule has 1 nitrogen and oxygen atoms in total. The van der Waals surface area contributed by atoms with Crippen LogP contribution in [0.3, 0.4) is 0 Å². The van der Waals surface area contributed by atoms with Crippen molar-refractivity contribution in [1.29, 1.82) is 0 Å². The van der Waals surface area contributed by atoms with Crippen LogP contribution in [0.2, 0.25) is 0 Å². The standard InChI is InChI=1S/C57H50NS/c1-55(2,3)37-23-26-43-44-27-24-39(34-53(44)59-52(43)32-37)58(8,38-25-29-50-46(33-38)42-18-12-14-20-48(42)57(50,6)7)51-30-22-35-15-9-10-16-40(35)54(51)36-21-28-49-45(31-36)41-17-11-13-19-47(41)56(49,4)5/h9-34H,1-8H3/q+1. The Morgan fingerprint density at radius 1 is 0.458 bits per heavy atom. The van der Waals surface area contributed by atoms with Crippen LogP contribution in [0.15, 0.2) is 158 Å². The van der Waals surface area contributed by atoms with Crippen LogP contribution in [-0.2, 0) is 16.2 Å². The maximum absolute atomic E-state index is 2.51. The summed E-state index contributed by atoms with van der Waals surface area (Å²) in [4.78, 5) is 0. The summed E-state index contributed by atoms with van der Waals surface area (Å²) in [6.07, 6.45) is 0. The van der Waals surface area contributed by atoms with E-state index in [9.17, 15) is 0 Å². The van der Waals surface area contributed by atoms with Gasteiger partial charge in [0.25, 0.3) is 0 Å². The second-order valence-corrected chi connectivity index (χ2v) is 20.3. The summed E-state index contributed by atoms with van der Waals surface area (Å²) in [6, 6.07) is 60.7. The normalized spacial score (nSPS) is 15.9. The van der Waals surface area contributed by atoms with E-state index in [4.69, 9.17) is 0 Å². The van der Waals surface area contributed by atoms with Crippen molar-refractivity contribution < 1.29 is 0 Å². The lowest BCUT2D eigenvalue weighted by atomic mass is 9.82. The van der Waals surface area contributed by atoms with Gasteiger partial charge in [-0.25, -0.2) is 4.48 Å². The van der Waals surface area contributed by atoms with Crippen LogP contribution in [0.25, 0.3) is 64.3 Å². The quantitative estimate of drug-likeness (QED) is 0.156. The van der Waals surface area contributed by atoms with Gasteiger partial charge >= 0.3 is 0 Å². The topological polar surface area (TPSA) is 0 Å². The first-order chi connectivity index (χ1) is 28.3. The van der Waals surface area contributed by atoms with Crippen LogP contribution in [0, 0.1) is 0 Å². The number of fused-ring (bicyclic) bond motifs is 10. The van der Waals surface area contributed by atoms with Crippen LogP contribution in [0.5, 0.6) is 0 Å². The highest BCUT2D eigenvalue weighted by atomic mass is 32.1. The molecule has 288 valence electrons. The molecule has 0 saturated heterocycles. The van der Waals surface area contributed by atoms with Gasteiger partial charge in [0.2, 0.25) is 0 Å². The molecular formula is C57H50NS+. The van der Waals surface area contributed by atoms with Gasteiger partial charge in [-0.2, -0.15) is 0 Å². The average Bonchev–Trinajstić information content (AvgIpc) is 3.81. The van der Waals surface area contributed by atoms with Crippen molar-refractivity contribution in [3.63, 3.8) is 0 Å². The van der Waals surface area contributed by atoms with Crippen molar-refractivity contribution >= 4 is 59.3 Å². The van der Waals surface area contributed by atoms with Crippen molar-refractivity contribution in [2.45, 2.75) is 64.7 Å². The van der Waals surface area contributed by atoms with E-state index in [1.807, 2.05) is 11.3 Å². The first kappa shape index (κ1) is 36.3. The van der Waals surface area contributed by atoms with Crippen molar-refractivity contribution in [3.05, 3.63) is 186 Å². The van der Waals surface area contributed by atoms with Crippen LogP contribution < -0.4 is 4.48 Å². The van der Waals surface area contributed by atoms with E-state index in [0.29, 0.717) is 4.48 Å². The van der Waals surface area contributed by atoms with Crippen LogP contribution in [0.1, 0.15) is 76.3 Å². The molecule has 0 fully saturated rings. The third kappa shape index (κ3) is 5.13. The Kier molecular flexibility index (Phi) is 7.61. The molecule has 1 unspecified atom stereocenters. The summed E-state index contributed by atoms with van der Waals surface area (Å²) in [7, 11) is 2.43. The smallest absolute Gasteiger partial charge is 0.151 e. The van der Waals surface area contributed by atoms with Crippen molar-refractivity contribution in [3.8, 4) is 33.4 Å². The summed E-state index contributed by atoms with van der Waals surface area (Å²) >= 11 is 1.92.